The van der Waals surface area contributed by atoms with Crippen LogP contribution in [-0.4, -0.2) is 86.6 Å². The average molecular weight is 879 g/mol. The Bertz CT molecular complexity index is 2660. The molecule has 65 heavy (non-hydrogen) atoms. The quantitative estimate of drug-likeness (QED) is 0.104. The highest BCUT2D eigenvalue weighted by molar-refractivity contribution is 6.05. The normalized spacial score (nSPS) is 21.2. The number of imidazole rings is 2. The zero-order valence-corrected chi connectivity index (χ0v) is 37.8. The lowest BCUT2D eigenvalue weighted by Crippen LogP contribution is -2.46. The van der Waals surface area contributed by atoms with Crippen molar-refractivity contribution in [3.05, 3.63) is 108 Å². The third-order valence-electron chi connectivity index (χ3n) is 12.9. The van der Waals surface area contributed by atoms with Gasteiger partial charge in [0.2, 0.25) is 5.91 Å². The minimum absolute atomic E-state index is 0.0889. The fraction of sp³-hybridized carbons (Fsp3) is 0.373. The molecule has 4 N–H and O–H groups in total. The van der Waals surface area contributed by atoms with Crippen molar-refractivity contribution < 1.29 is 28.7 Å². The summed E-state index contributed by atoms with van der Waals surface area (Å²) in [5, 5.41) is 7.33. The Labute approximate surface area is 379 Å². The van der Waals surface area contributed by atoms with Gasteiger partial charge in [-0.2, -0.15) is 0 Å². The summed E-state index contributed by atoms with van der Waals surface area (Å²) < 4.78 is 9.55. The van der Waals surface area contributed by atoms with Gasteiger partial charge in [-0.25, -0.2) is 19.6 Å². The number of hydrogen-bond acceptors (Lipinski definition) is 8. The summed E-state index contributed by atoms with van der Waals surface area (Å²) >= 11 is 0. The van der Waals surface area contributed by atoms with Crippen molar-refractivity contribution in [1.29, 1.82) is 0 Å². The van der Waals surface area contributed by atoms with Crippen molar-refractivity contribution in [2.75, 3.05) is 20.8 Å². The number of carbonyl (C=O) groups is 4. The van der Waals surface area contributed by atoms with E-state index in [2.05, 4.69) is 107 Å². The number of nitrogens with zero attached hydrogens (tertiary/aromatic N) is 4. The topological polar surface area (TPSA) is 175 Å². The van der Waals surface area contributed by atoms with E-state index in [-0.39, 0.29) is 48.4 Å². The molecule has 2 aromatic heterocycles. The molecule has 14 nitrogen and oxygen atoms in total. The number of carbonyl (C=O) groups excluding carboxylic acids is 4. The standard InChI is InChI=1S/C46H48N8O6.C3H8.C2H2/c1-25-20-37(53(26(25)2)44(56)39(52-46(58)60-4)29-8-6-5-7-9-29)42-49-35-19-16-31-21-30(15-18-34(31)40(35)51-42)27-10-12-28(13-11-27)36-23-47-43(50-36)41-32-14-17-33(22-32)54(41)38(55)24-48-45(57)59-3;1-3-2;1-2/h5-13,15-16,18-19,21,23,25-26,32-33,37,39,41H,14,17,20,22,24H2,1-4H3,(H,47,50)(H,48,57)(H,49,51)(H,52,58);3H2,1-2H3;1-2H/t25?,26-,32+,33-,37+,39-,41+;;/m1../s1. The Morgan fingerprint density at radius 2 is 1.51 bits per heavy atom. The lowest BCUT2D eigenvalue weighted by Gasteiger charge is -2.34. The molecule has 338 valence electrons. The number of H-pyrrole nitrogens is 2. The van der Waals surface area contributed by atoms with E-state index in [0.29, 0.717) is 17.3 Å². The molecule has 6 aromatic rings. The third-order valence-corrected chi connectivity index (χ3v) is 12.9. The van der Waals surface area contributed by atoms with Crippen LogP contribution in [0.5, 0.6) is 0 Å². The number of nitrogens with one attached hydrogen (secondary N) is 4. The van der Waals surface area contributed by atoms with Crippen LogP contribution in [0, 0.1) is 24.7 Å². The fourth-order valence-corrected chi connectivity index (χ4v) is 9.72. The number of fused-ring (bicyclic) bond motifs is 5. The zero-order valence-electron chi connectivity index (χ0n) is 37.8. The van der Waals surface area contributed by atoms with Crippen molar-refractivity contribution in [3.8, 4) is 35.2 Å². The number of hydrogen-bond donors (Lipinski definition) is 4. The monoisotopic (exact) mass is 878 g/mol. The Morgan fingerprint density at radius 1 is 0.815 bits per heavy atom. The van der Waals surface area contributed by atoms with Gasteiger partial charge in [0.25, 0.3) is 5.91 Å². The maximum absolute atomic E-state index is 14.4. The molecule has 1 unspecified atom stereocenters. The van der Waals surface area contributed by atoms with E-state index in [4.69, 9.17) is 14.7 Å². The van der Waals surface area contributed by atoms with Gasteiger partial charge in [0.1, 0.15) is 24.2 Å². The highest BCUT2D eigenvalue weighted by Gasteiger charge is 2.50. The van der Waals surface area contributed by atoms with E-state index in [1.807, 2.05) is 59.3 Å². The number of aromatic nitrogens is 4. The molecule has 14 heteroatoms. The molecule has 2 saturated heterocycles. The minimum Gasteiger partial charge on any atom is -0.453 e. The number of amides is 4. The summed E-state index contributed by atoms with van der Waals surface area (Å²) in [4.78, 5) is 72.4. The molecule has 4 heterocycles. The molecule has 4 amide bonds. The number of methoxy groups -OCH3 is 2. The summed E-state index contributed by atoms with van der Waals surface area (Å²) in [7, 11) is 2.57. The van der Waals surface area contributed by atoms with Gasteiger partial charge in [0, 0.05) is 17.5 Å². The second-order valence-electron chi connectivity index (χ2n) is 17.0. The van der Waals surface area contributed by atoms with E-state index < -0.39 is 18.2 Å². The van der Waals surface area contributed by atoms with Gasteiger partial charge in [-0.1, -0.05) is 100.0 Å². The van der Waals surface area contributed by atoms with Crippen molar-refractivity contribution in [2.24, 2.45) is 11.8 Å². The number of ether oxygens (including phenoxy) is 2. The van der Waals surface area contributed by atoms with E-state index in [0.717, 1.165) is 75.7 Å². The summed E-state index contributed by atoms with van der Waals surface area (Å²) in [5.74, 6) is 1.65. The van der Waals surface area contributed by atoms with Gasteiger partial charge in [-0.3, -0.25) is 9.59 Å². The Balaban J connectivity index is 0.00000121. The Hall–Kier alpha value is -7.14. The van der Waals surface area contributed by atoms with Gasteiger partial charge in [-0.15, -0.1) is 12.8 Å². The van der Waals surface area contributed by atoms with Crippen LogP contribution >= 0.6 is 0 Å². The number of piperidine rings is 1. The van der Waals surface area contributed by atoms with Crippen LogP contribution < -0.4 is 10.6 Å². The van der Waals surface area contributed by atoms with Crippen molar-refractivity contribution in [3.63, 3.8) is 0 Å². The molecule has 1 saturated carbocycles. The smallest absolute Gasteiger partial charge is 0.407 e. The van der Waals surface area contributed by atoms with Crippen LogP contribution in [-0.2, 0) is 19.1 Å². The average Bonchev–Trinajstić information content (AvgIpc) is 4.20. The van der Waals surface area contributed by atoms with Crippen LogP contribution in [0.15, 0.2) is 91.1 Å². The largest absolute Gasteiger partial charge is 0.453 e. The number of aromatic amines is 2. The molecule has 3 aliphatic rings. The number of benzene rings is 4. The van der Waals surface area contributed by atoms with E-state index >= 15 is 0 Å². The molecule has 2 bridgehead atoms. The van der Waals surface area contributed by atoms with Gasteiger partial charge >= 0.3 is 12.2 Å². The first kappa shape index (κ1) is 45.9. The molecular weight excluding hydrogens is 821 g/mol. The molecule has 1 aliphatic carbocycles. The molecular formula is C51H58N8O6. The van der Waals surface area contributed by atoms with E-state index in [9.17, 15) is 19.2 Å². The predicted molar refractivity (Wildman–Crippen MR) is 251 cm³/mol. The molecule has 7 atom stereocenters. The van der Waals surface area contributed by atoms with Crippen LogP contribution in [0.3, 0.4) is 0 Å². The number of terminal acetylenes is 1. The Kier molecular flexibility index (Phi) is 14.2. The first-order valence-corrected chi connectivity index (χ1v) is 22.3. The SMILES string of the molecule is C#C.CCC.COC(=O)NCC(=O)N1[C@@H]2CC[C@@H](C2)[C@H]1c1ncc(-c2ccc(-c3ccc4c(ccc5[nH]c([C@@H]6CC(C)[C@@H](C)N6C(=O)[C@H](NC(=O)OC)c6ccccc6)nc54)c3)cc2)[nH]1. The molecule has 3 fully saturated rings. The number of likely N-dealkylation sites (tertiary alicyclic amines) is 2. The second kappa shape index (κ2) is 20.1. The maximum atomic E-state index is 14.4. The van der Waals surface area contributed by atoms with Crippen LogP contribution in [0.4, 0.5) is 9.59 Å². The third kappa shape index (κ3) is 9.27. The first-order valence-electron chi connectivity index (χ1n) is 22.3. The van der Waals surface area contributed by atoms with E-state index in [1.54, 1.807) is 0 Å². The van der Waals surface area contributed by atoms with Crippen LogP contribution in [0.25, 0.3) is 44.2 Å². The zero-order chi connectivity index (χ0) is 46.4. The fourth-order valence-electron chi connectivity index (χ4n) is 9.72. The van der Waals surface area contributed by atoms with Crippen LogP contribution in [0.2, 0.25) is 0 Å². The van der Waals surface area contributed by atoms with Crippen molar-refractivity contribution in [1.82, 2.24) is 40.4 Å². The highest BCUT2D eigenvalue weighted by Crippen LogP contribution is 2.50. The second-order valence-corrected chi connectivity index (χ2v) is 17.0. The van der Waals surface area contributed by atoms with Gasteiger partial charge in [-0.05, 0) is 84.2 Å². The first-order chi connectivity index (χ1) is 31.5. The van der Waals surface area contributed by atoms with Gasteiger partial charge in [0.05, 0.1) is 49.2 Å². The highest BCUT2D eigenvalue weighted by atomic mass is 16.5. The Morgan fingerprint density at radius 3 is 2.22 bits per heavy atom. The molecule has 0 radical (unpaired) electrons. The summed E-state index contributed by atoms with van der Waals surface area (Å²) in [6, 6.07) is 26.7. The van der Waals surface area contributed by atoms with E-state index in [1.165, 1.54) is 20.6 Å². The summed E-state index contributed by atoms with van der Waals surface area (Å²) in [6.45, 7) is 8.33. The summed E-state index contributed by atoms with van der Waals surface area (Å²) in [5.41, 5.74) is 6.37. The lowest BCUT2D eigenvalue weighted by molar-refractivity contribution is -0.137. The van der Waals surface area contributed by atoms with Crippen molar-refractivity contribution >= 4 is 45.8 Å². The molecule has 0 spiro atoms. The predicted octanol–water partition coefficient (Wildman–Crippen LogP) is 9.24. The minimum atomic E-state index is -0.914. The summed E-state index contributed by atoms with van der Waals surface area (Å²) in [6.07, 6.45) is 13.4. The molecule has 2 aliphatic heterocycles. The van der Waals surface area contributed by atoms with Crippen LogP contribution in [0.1, 0.15) is 95.1 Å². The number of rotatable bonds is 9. The maximum Gasteiger partial charge on any atom is 0.407 e. The lowest BCUT2D eigenvalue weighted by atomic mass is 9.98. The van der Waals surface area contributed by atoms with Gasteiger partial charge < -0.3 is 39.9 Å². The van der Waals surface area contributed by atoms with Gasteiger partial charge in [0.15, 0.2) is 0 Å². The molecule has 9 rings (SSSR count). The van der Waals surface area contributed by atoms with Crippen molar-refractivity contribution in [2.45, 2.75) is 90.0 Å². The molecule has 4 aromatic carbocycles. The number of alkyl carbamates (subject to hydrolysis) is 2.